The lowest BCUT2D eigenvalue weighted by molar-refractivity contribution is 0.224. The second kappa shape index (κ2) is 4.40. The number of nitrogens with two attached hydrogens (primary N) is 1. The molecule has 0 aromatic heterocycles. The zero-order valence-corrected chi connectivity index (χ0v) is 10.9. The van der Waals surface area contributed by atoms with Gasteiger partial charge in [-0.25, -0.2) is 0 Å². The minimum Gasteiger partial charge on any atom is -0.370 e. The normalized spacial score (nSPS) is 23.9. The molecule has 2 rings (SSSR count). The summed E-state index contributed by atoms with van der Waals surface area (Å²) in [5.41, 5.74) is 8.56. The molecule has 0 saturated heterocycles. The van der Waals surface area contributed by atoms with E-state index in [1.807, 2.05) is 0 Å². The SMILES string of the molecule is CCCN1C(N)=NCC1(C)c1ccccc1C. The number of aryl methyl sites for hydroxylation is 1. The zero-order valence-electron chi connectivity index (χ0n) is 10.9. The molecule has 17 heavy (non-hydrogen) atoms. The first-order valence-corrected chi connectivity index (χ1v) is 6.23. The van der Waals surface area contributed by atoms with Gasteiger partial charge in [-0.2, -0.15) is 0 Å². The maximum absolute atomic E-state index is 6.00. The molecule has 1 aliphatic rings. The monoisotopic (exact) mass is 231 g/mol. The molecular formula is C14H21N3. The Hall–Kier alpha value is -1.51. The minimum absolute atomic E-state index is 0.0779. The lowest BCUT2D eigenvalue weighted by Gasteiger charge is -2.37. The highest BCUT2D eigenvalue weighted by Gasteiger charge is 2.39. The van der Waals surface area contributed by atoms with Crippen LogP contribution in [-0.4, -0.2) is 23.9 Å². The summed E-state index contributed by atoms with van der Waals surface area (Å²) in [6.07, 6.45) is 1.08. The van der Waals surface area contributed by atoms with Gasteiger partial charge in [-0.3, -0.25) is 4.99 Å². The van der Waals surface area contributed by atoms with Gasteiger partial charge in [0.15, 0.2) is 5.96 Å². The molecule has 1 unspecified atom stereocenters. The van der Waals surface area contributed by atoms with Gasteiger partial charge in [-0.05, 0) is 31.4 Å². The lowest BCUT2D eigenvalue weighted by Crippen LogP contribution is -2.48. The van der Waals surface area contributed by atoms with E-state index in [9.17, 15) is 0 Å². The maximum Gasteiger partial charge on any atom is 0.192 e. The Morgan fingerprint density at radius 1 is 1.41 bits per heavy atom. The van der Waals surface area contributed by atoms with Crippen LogP contribution < -0.4 is 5.73 Å². The van der Waals surface area contributed by atoms with Crippen LogP contribution in [0.1, 0.15) is 31.4 Å². The van der Waals surface area contributed by atoms with E-state index in [2.05, 4.69) is 54.9 Å². The van der Waals surface area contributed by atoms with E-state index in [1.165, 1.54) is 11.1 Å². The molecule has 0 fully saturated rings. The van der Waals surface area contributed by atoms with E-state index >= 15 is 0 Å². The van der Waals surface area contributed by atoms with E-state index in [0.29, 0.717) is 5.96 Å². The molecule has 3 heteroatoms. The van der Waals surface area contributed by atoms with Crippen molar-refractivity contribution in [1.29, 1.82) is 0 Å². The number of rotatable bonds is 3. The van der Waals surface area contributed by atoms with Crippen LogP contribution in [0.3, 0.4) is 0 Å². The standard InChI is InChI=1S/C14H21N3/c1-4-9-17-13(15)16-10-14(17,3)12-8-6-5-7-11(12)2/h5-8H,4,9-10H2,1-3H3,(H2,15,16). The number of guanidine groups is 1. The van der Waals surface area contributed by atoms with Crippen molar-refractivity contribution in [3.05, 3.63) is 35.4 Å². The molecule has 3 nitrogen and oxygen atoms in total. The highest BCUT2D eigenvalue weighted by atomic mass is 15.3. The van der Waals surface area contributed by atoms with Crippen LogP contribution in [0.25, 0.3) is 0 Å². The van der Waals surface area contributed by atoms with E-state index < -0.39 is 0 Å². The topological polar surface area (TPSA) is 41.6 Å². The third-order valence-corrected chi connectivity index (χ3v) is 3.59. The molecule has 1 aromatic rings. The fourth-order valence-electron chi connectivity index (χ4n) is 2.65. The van der Waals surface area contributed by atoms with Gasteiger partial charge in [0.1, 0.15) is 0 Å². The first-order chi connectivity index (χ1) is 8.09. The van der Waals surface area contributed by atoms with Crippen LogP contribution in [0.2, 0.25) is 0 Å². The van der Waals surface area contributed by atoms with Crippen LogP contribution in [0.5, 0.6) is 0 Å². The van der Waals surface area contributed by atoms with Gasteiger partial charge in [0.05, 0.1) is 12.1 Å². The fraction of sp³-hybridized carbons (Fsp3) is 0.500. The number of nitrogens with zero attached hydrogens (tertiary/aromatic N) is 2. The highest BCUT2D eigenvalue weighted by molar-refractivity contribution is 5.81. The smallest absolute Gasteiger partial charge is 0.192 e. The number of benzene rings is 1. The summed E-state index contributed by atoms with van der Waals surface area (Å²) >= 11 is 0. The Morgan fingerprint density at radius 2 is 2.12 bits per heavy atom. The summed E-state index contributed by atoms with van der Waals surface area (Å²) < 4.78 is 0. The van der Waals surface area contributed by atoms with Crippen LogP contribution >= 0.6 is 0 Å². The Bertz CT molecular complexity index is 439. The number of aliphatic imine (C=N–C) groups is 1. The van der Waals surface area contributed by atoms with Crippen molar-refractivity contribution in [2.45, 2.75) is 32.7 Å². The van der Waals surface area contributed by atoms with Crippen molar-refractivity contribution in [2.75, 3.05) is 13.1 Å². The van der Waals surface area contributed by atoms with Crippen molar-refractivity contribution in [3.8, 4) is 0 Å². The summed E-state index contributed by atoms with van der Waals surface area (Å²) in [4.78, 5) is 6.66. The summed E-state index contributed by atoms with van der Waals surface area (Å²) in [5.74, 6) is 0.678. The van der Waals surface area contributed by atoms with Gasteiger partial charge in [0.25, 0.3) is 0 Å². The van der Waals surface area contributed by atoms with E-state index in [-0.39, 0.29) is 5.54 Å². The predicted octanol–water partition coefficient (Wildman–Crippen LogP) is 2.25. The van der Waals surface area contributed by atoms with E-state index in [1.54, 1.807) is 0 Å². The number of hydrogen-bond acceptors (Lipinski definition) is 3. The molecule has 92 valence electrons. The van der Waals surface area contributed by atoms with Gasteiger partial charge >= 0.3 is 0 Å². The first kappa shape index (κ1) is 12.0. The van der Waals surface area contributed by atoms with Crippen LogP contribution in [-0.2, 0) is 5.54 Å². The van der Waals surface area contributed by atoms with Gasteiger partial charge in [-0.1, -0.05) is 31.2 Å². The van der Waals surface area contributed by atoms with E-state index in [4.69, 9.17) is 5.73 Å². The van der Waals surface area contributed by atoms with Crippen LogP contribution in [0.15, 0.2) is 29.3 Å². The Labute approximate surface area is 103 Å². The molecule has 1 aliphatic heterocycles. The molecule has 0 bridgehead atoms. The summed E-state index contributed by atoms with van der Waals surface area (Å²) in [6, 6.07) is 8.50. The molecule has 2 N–H and O–H groups in total. The molecule has 1 atom stereocenters. The first-order valence-electron chi connectivity index (χ1n) is 6.23. The number of hydrogen-bond donors (Lipinski definition) is 1. The third-order valence-electron chi connectivity index (χ3n) is 3.59. The minimum atomic E-state index is -0.0779. The van der Waals surface area contributed by atoms with Gasteiger partial charge < -0.3 is 10.6 Å². The molecule has 0 spiro atoms. The highest BCUT2D eigenvalue weighted by Crippen LogP contribution is 2.34. The fourth-order valence-corrected chi connectivity index (χ4v) is 2.65. The quantitative estimate of drug-likeness (QED) is 0.867. The van der Waals surface area contributed by atoms with Crippen molar-refractivity contribution >= 4 is 5.96 Å². The van der Waals surface area contributed by atoms with Crippen molar-refractivity contribution in [1.82, 2.24) is 4.90 Å². The van der Waals surface area contributed by atoms with Gasteiger partial charge in [0.2, 0.25) is 0 Å². The molecule has 0 aliphatic carbocycles. The summed E-state index contributed by atoms with van der Waals surface area (Å²) in [5, 5.41) is 0. The van der Waals surface area contributed by atoms with Crippen molar-refractivity contribution in [2.24, 2.45) is 10.7 Å². The van der Waals surface area contributed by atoms with Crippen molar-refractivity contribution in [3.63, 3.8) is 0 Å². The molecule has 0 saturated carbocycles. The zero-order chi connectivity index (χ0) is 12.5. The van der Waals surface area contributed by atoms with Gasteiger partial charge in [0, 0.05) is 6.54 Å². The lowest BCUT2D eigenvalue weighted by atomic mass is 9.87. The Kier molecular flexibility index (Phi) is 3.09. The molecule has 1 heterocycles. The molecule has 1 aromatic carbocycles. The largest absolute Gasteiger partial charge is 0.370 e. The molecule has 0 radical (unpaired) electrons. The second-order valence-electron chi connectivity index (χ2n) is 4.91. The second-order valence-corrected chi connectivity index (χ2v) is 4.91. The third kappa shape index (κ3) is 1.90. The van der Waals surface area contributed by atoms with Crippen molar-refractivity contribution < 1.29 is 0 Å². The predicted molar refractivity (Wildman–Crippen MR) is 72.0 cm³/mol. The van der Waals surface area contributed by atoms with E-state index in [0.717, 1.165) is 19.5 Å². The maximum atomic E-state index is 6.00. The van der Waals surface area contributed by atoms with Crippen LogP contribution in [0.4, 0.5) is 0 Å². The summed E-state index contributed by atoms with van der Waals surface area (Å²) in [6.45, 7) is 8.27. The molecule has 0 amide bonds. The van der Waals surface area contributed by atoms with Crippen LogP contribution in [0, 0.1) is 6.92 Å². The Balaban J connectivity index is 2.40. The Morgan fingerprint density at radius 3 is 2.76 bits per heavy atom. The average Bonchev–Trinajstić information content (AvgIpc) is 2.59. The average molecular weight is 231 g/mol. The van der Waals surface area contributed by atoms with Gasteiger partial charge in [-0.15, -0.1) is 0 Å². The molecular weight excluding hydrogens is 210 g/mol. The summed E-state index contributed by atoms with van der Waals surface area (Å²) in [7, 11) is 0.